The van der Waals surface area contributed by atoms with Gasteiger partial charge in [-0.1, -0.05) is 13.8 Å². The molecule has 0 aliphatic rings. The number of nitrogens with zero attached hydrogens (tertiary/aromatic N) is 2. The standard InChI is InChI=1S/C8H12I2N2/c1-5(2)6(3)12-4-11-7(9)8(12)10/h4-6H,1-3H3. The van der Waals surface area contributed by atoms with Crippen LogP contribution in [0.1, 0.15) is 26.8 Å². The third-order valence-corrected chi connectivity index (χ3v) is 4.99. The lowest BCUT2D eigenvalue weighted by Crippen LogP contribution is -2.11. The van der Waals surface area contributed by atoms with Gasteiger partial charge in [0.25, 0.3) is 0 Å². The molecule has 0 fully saturated rings. The minimum Gasteiger partial charge on any atom is -0.322 e. The highest BCUT2D eigenvalue weighted by molar-refractivity contribution is 14.1. The smallest absolute Gasteiger partial charge is 0.132 e. The molecular weight excluding hydrogens is 378 g/mol. The Balaban J connectivity index is 2.95. The molecule has 0 amide bonds. The largest absolute Gasteiger partial charge is 0.322 e. The van der Waals surface area contributed by atoms with Crippen molar-refractivity contribution in [2.45, 2.75) is 26.8 Å². The Labute approximate surface area is 100 Å². The molecular formula is C8H12I2N2. The molecule has 0 saturated heterocycles. The number of aromatic nitrogens is 2. The Morgan fingerprint density at radius 2 is 1.92 bits per heavy atom. The summed E-state index contributed by atoms with van der Waals surface area (Å²) < 4.78 is 4.57. The number of hydrogen-bond donors (Lipinski definition) is 0. The van der Waals surface area contributed by atoms with Crippen LogP contribution < -0.4 is 0 Å². The van der Waals surface area contributed by atoms with E-state index in [0.717, 1.165) is 3.70 Å². The SMILES string of the molecule is CC(C)C(C)n1cnc(I)c1I. The first kappa shape index (κ1) is 10.7. The number of hydrogen-bond acceptors (Lipinski definition) is 1. The Bertz CT molecular complexity index is 268. The first-order valence-electron chi connectivity index (χ1n) is 3.92. The predicted octanol–water partition coefficient (Wildman–Crippen LogP) is 3.31. The summed E-state index contributed by atoms with van der Waals surface area (Å²) >= 11 is 4.60. The number of halogens is 2. The average Bonchev–Trinajstić information content (AvgIpc) is 2.32. The molecule has 12 heavy (non-hydrogen) atoms. The van der Waals surface area contributed by atoms with Crippen LogP contribution in [0.2, 0.25) is 0 Å². The maximum absolute atomic E-state index is 4.26. The first-order chi connectivity index (χ1) is 5.54. The van der Waals surface area contributed by atoms with E-state index in [1.165, 1.54) is 3.70 Å². The molecule has 0 aliphatic heterocycles. The van der Waals surface area contributed by atoms with Gasteiger partial charge in [-0.15, -0.1) is 0 Å². The van der Waals surface area contributed by atoms with Gasteiger partial charge in [0.2, 0.25) is 0 Å². The van der Waals surface area contributed by atoms with Gasteiger partial charge in [0.05, 0.1) is 6.33 Å². The second-order valence-electron chi connectivity index (χ2n) is 3.22. The van der Waals surface area contributed by atoms with E-state index in [4.69, 9.17) is 0 Å². The molecule has 1 rings (SSSR count). The van der Waals surface area contributed by atoms with Gasteiger partial charge in [0, 0.05) is 6.04 Å². The van der Waals surface area contributed by atoms with Gasteiger partial charge in [0.15, 0.2) is 0 Å². The summed E-state index contributed by atoms with van der Waals surface area (Å²) in [5, 5.41) is 0. The van der Waals surface area contributed by atoms with Crippen molar-refractivity contribution in [1.29, 1.82) is 0 Å². The second-order valence-corrected chi connectivity index (χ2v) is 5.26. The van der Waals surface area contributed by atoms with Crippen molar-refractivity contribution in [3.8, 4) is 0 Å². The van der Waals surface area contributed by atoms with E-state index in [1.54, 1.807) is 0 Å². The van der Waals surface area contributed by atoms with Crippen molar-refractivity contribution >= 4 is 45.2 Å². The summed E-state index contributed by atoms with van der Waals surface area (Å²) in [4.78, 5) is 4.26. The highest BCUT2D eigenvalue weighted by Crippen LogP contribution is 2.22. The average molecular weight is 390 g/mol. The molecule has 0 N–H and O–H groups in total. The maximum Gasteiger partial charge on any atom is 0.132 e. The molecule has 0 bridgehead atoms. The van der Waals surface area contributed by atoms with Gasteiger partial charge in [0.1, 0.15) is 7.40 Å². The topological polar surface area (TPSA) is 17.8 Å². The lowest BCUT2D eigenvalue weighted by molar-refractivity contribution is 0.402. The van der Waals surface area contributed by atoms with Crippen molar-refractivity contribution in [1.82, 2.24) is 9.55 Å². The van der Waals surface area contributed by atoms with Crippen molar-refractivity contribution in [2.75, 3.05) is 0 Å². The van der Waals surface area contributed by atoms with Crippen LogP contribution in [0.4, 0.5) is 0 Å². The van der Waals surface area contributed by atoms with Gasteiger partial charge in [-0.25, -0.2) is 4.98 Å². The van der Waals surface area contributed by atoms with Crippen LogP contribution in [0.5, 0.6) is 0 Å². The summed E-state index contributed by atoms with van der Waals surface area (Å²) in [5.74, 6) is 0.656. The van der Waals surface area contributed by atoms with E-state index < -0.39 is 0 Å². The van der Waals surface area contributed by atoms with E-state index in [-0.39, 0.29) is 0 Å². The molecule has 0 aromatic carbocycles. The third-order valence-electron chi connectivity index (χ3n) is 2.10. The minimum absolute atomic E-state index is 0.535. The van der Waals surface area contributed by atoms with Crippen LogP contribution in [0, 0.1) is 13.3 Å². The van der Waals surface area contributed by atoms with Gasteiger partial charge < -0.3 is 4.57 Å². The second kappa shape index (κ2) is 4.26. The molecule has 1 atom stereocenters. The van der Waals surface area contributed by atoms with Crippen molar-refractivity contribution in [2.24, 2.45) is 5.92 Å². The van der Waals surface area contributed by atoms with E-state index in [0.29, 0.717) is 12.0 Å². The van der Waals surface area contributed by atoms with Crippen molar-refractivity contribution in [3.63, 3.8) is 0 Å². The number of imidazole rings is 1. The Morgan fingerprint density at radius 3 is 2.25 bits per heavy atom. The molecule has 2 nitrogen and oxygen atoms in total. The Kier molecular flexibility index (Phi) is 3.81. The summed E-state index contributed by atoms with van der Waals surface area (Å²) in [6.07, 6.45) is 1.92. The van der Waals surface area contributed by atoms with E-state index in [2.05, 4.69) is 75.5 Å². The molecule has 0 aliphatic carbocycles. The molecule has 0 radical (unpaired) electrons. The summed E-state index contributed by atoms with van der Waals surface area (Å²) in [6.45, 7) is 6.69. The highest BCUT2D eigenvalue weighted by atomic mass is 127. The molecule has 0 saturated carbocycles. The Morgan fingerprint density at radius 1 is 1.33 bits per heavy atom. The fourth-order valence-corrected chi connectivity index (χ4v) is 2.03. The monoisotopic (exact) mass is 390 g/mol. The maximum atomic E-state index is 4.26. The fourth-order valence-electron chi connectivity index (χ4n) is 0.929. The molecule has 68 valence electrons. The molecule has 1 unspecified atom stereocenters. The van der Waals surface area contributed by atoms with Crippen LogP contribution in [-0.2, 0) is 0 Å². The molecule has 1 heterocycles. The fraction of sp³-hybridized carbons (Fsp3) is 0.625. The van der Waals surface area contributed by atoms with Crippen LogP contribution in [-0.4, -0.2) is 9.55 Å². The van der Waals surface area contributed by atoms with Gasteiger partial charge >= 0.3 is 0 Å². The minimum atomic E-state index is 0.535. The molecule has 1 aromatic heterocycles. The molecule has 1 aromatic rings. The lowest BCUT2D eigenvalue weighted by Gasteiger charge is -2.17. The highest BCUT2D eigenvalue weighted by Gasteiger charge is 2.13. The van der Waals surface area contributed by atoms with Gasteiger partial charge in [-0.05, 0) is 58.0 Å². The van der Waals surface area contributed by atoms with Crippen molar-refractivity contribution < 1.29 is 0 Å². The van der Waals surface area contributed by atoms with Gasteiger partial charge in [-0.2, -0.15) is 0 Å². The third kappa shape index (κ3) is 2.12. The zero-order valence-corrected chi connectivity index (χ0v) is 11.7. The zero-order chi connectivity index (χ0) is 9.30. The normalized spacial score (nSPS) is 13.8. The van der Waals surface area contributed by atoms with E-state index >= 15 is 0 Å². The summed E-state index contributed by atoms with van der Waals surface area (Å²) in [7, 11) is 0. The summed E-state index contributed by atoms with van der Waals surface area (Å²) in [6, 6.07) is 0.535. The van der Waals surface area contributed by atoms with Crippen LogP contribution in [0.15, 0.2) is 6.33 Å². The molecule has 4 heteroatoms. The summed E-state index contributed by atoms with van der Waals surface area (Å²) in [5.41, 5.74) is 0. The van der Waals surface area contributed by atoms with E-state index in [9.17, 15) is 0 Å². The Hall–Kier alpha value is 0.670. The van der Waals surface area contributed by atoms with Crippen LogP contribution in [0.25, 0.3) is 0 Å². The van der Waals surface area contributed by atoms with Crippen molar-refractivity contribution in [3.05, 3.63) is 13.7 Å². The lowest BCUT2D eigenvalue weighted by atomic mass is 10.1. The van der Waals surface area contributed by atoms with Gasteiger partial charge in [-0.3, -0.25) is 0 Å². The van der Waals surface area contributed by atoms with Crippen LogP contribution >= 0.6 is 45.2 Å². The predicted molar refractivity (Wildman–Crippen MR) is 67.2 cm³/mol. The zero-order valence-electron chi connectivity index (χ0n) is 7.38. The van der Waals surface area contributed by atoms with E-state index in [1.807, 2.05) is 6.33 Å². The first-order valence-corrected chi connectivity index (χ1v) is 6.07. The van der Waals surface area contributed by atoms with Crippen LogP contribution in [0.3, 0.4) is 0 Å². The molecule has 0 spiro atoms. The quantitative estimate of drug-likeness (QED) is 0.709. The number of rotatable bonds is 2.